The van der Waals surface area contributed by atoms with Crippen molar-refractivity contribution in [1.82, 2.24) is 15.3 Å². The van der Waals surface area contributed by atoms with E-state index in [2.05, 4.69) is 20.6 Å². The molecule has 0 atom stereocenters. The number of nitrogens with one attached hydrogen (secondary N) is 2. The van der Waals surface area contributed by atoms with Crippen LogP contribution in [0.25, 0.3) is 0 Å². The SMILES string of the molecule is CC(C)(CC(=O)O)NC(=O)Nc1ncccn1. The van der Waals surface area contributed by atoms with Gasteiger partial charge in [-0.25, -0.2) is 14.8 Å². The summed E-state index contributed by atoms with van der Waals surface area (Å²) >= 11 is 0. The van der Waals surface area contributed by atoms with Gasteiger partial charge in [0.25, 0.3) is 0 Å². The monoisotopic (exact) mass is 238 g/mol. The Morgan fingerprint density at radius 1 is 1.35 bits per heavy atom. The van der Waals surface area contributed by atoms with Crippen molar-refractivity contribution in [3.63, 3.8) is 0 Å². The fourth-order valence-corrected chi connectivity index (χ4v) is 1.23. The molecule has 92 valence electrons. The quantitative estimate of drug-likeness (QED) is 0.721. The molecule has 1 heterocycles. The summed E-state index contributed by atoms with van der Waals surface area (Å²) in [6, 6.07) is 1.08. The minimum Gasteiger partial charge on any atom is -0.481 e. The Hall–Kier alpha value is -2.18. The minimum absolute atomic E-state index is 0.163. The van der Waals surface area contributed by atoms with Gasteiger partial charge in [0.05, 0.1) is 6.42 Å². The van der Waals surface area contributed by atoms with Gasteiger partial charge < -0.3 is 10.4 Å². The van der Waals surface area contributed by atoms with Crippen LogP contribution in [-0.2, 0) is 4.79 Å². The van der Waals surface area contributed by atoms with Crippen molar-refractivity contribution in [2.45, 2.75) is 25.8 Å². The average molecular weight is 238 g/mol. The van der Waals surface area contributed by atoms with Crippen LogP contribution in [-0.4, -0.2) is 32.6 Å². The number of aliphatic carboxylic acids is 1. The van der Waals surface area contributed by atoms with Crippen molar-refractivity contribution in [1.29, 1.82) is 0 Å². The molecule has 7 nitrogen and oxygen atoms in total. The third kappa shape index (κ3) is 4.92. The lowest BCUT2D eigenvalue weighted by atomic mass is 10.0. The van der Waals surface area contributed by atoms with Gasteiger partial charge in [-0.05, 0) is 19.9 Å². The van der Waals surface area contributed by atoms with Crippen molar-refractivity contribution in [2.24, 2.45) is 0 Å². The van der Waals surface area contributed by atoms with E-state index in [4.69, 9.17) is 5.11 Å². The van der Waals surface area contributed by atoms with Crippen molar-refractivity contribution >= 4 is 17.9 Å². The number of nitrogens with zero attached hydrogens (tertiary/aromatic N) is 2. The van der Waals surface area contributed by atoms with E-state index in [9.17, 15) is 9.59 Å². The van der Waals surface area contributed by atoms with E-state index in [0.29, 0.717) is 0 Å². The molecule has 0 radical (unpaired) electrons. The first-order valence-electron chi connectivity index (χ1n) is 4.97. The summed E-state index contributed by atoms with van der Waals surface area (Å²) in [6.07, 6.45) is 2.81. The number of carbonyl (C=O) groups excluding carboxylic acids is 1. The standard InChI is InChI=1S/C10H14N4O3/c1-10(2,6-7(15)16)14-9(17)13-8-11-4-3-5-12-8/h3-5H,6H2,1-2H3,(H,15,16)(H2,11,12,13,14,17). The lowest BCUT2D eigenvalue weighted by Crippen LogP contribution is -2.47. The molecule has 1 rings (SSSR count). The van der Waals surface area contributed by atoms with Crippen molar-refractivity contribution in [2.75, 3.05) is 5.32 Å². The van der Waals surface area contributed by atoms with Crippen LogP contribution in [0.5, 0.6) is 0 Å². The van der Waals surface area contributed by atoms with Gasteiger partial charge >= 0.3 is 12.0 Å². The zero-order valence-corrected chi connectivity index (χ0v) is 9.60. The maximum Gasteiger partial charge on any atom is 0.322 e. The van der Waals surface area contributed by atoms with E-state index in [-0.39, 0.29) is 12.4 Å². The Bertz CT molecular complexity index is 405. The van der Waals surface area contributed by atoms with Crippen LogP contribution in [0.4, 0.5) is 10.7 Å². The van der Waals surface area contributed by atoms with Crippen molar-refractivity contribution < 1.29 is 14.7 Å². The summed E-state index contributed by atoms with van der Waals surface area (Å²) in [7, 11) is 0. The molecule has 17 heavy (non-hydrogen) atoms. The Kier molecular flexibility index (Phi) is 3.97. The number of carboxylic acid groups (broad SMARTS) is 1. The first-order chi connectivity index (χ1) is 7.89. The van der Waals surface area contributed by atoms with E-state index < -0.39 is 17.5 Å². The molecule has 0 bridgehead atoms. The molecule has 0 aliphatic carbocycles. The van der Waals surface area contributed by atoms with Gasteiger partial charge in [0.1, 0.15) is 0 Å². The number of rotatable bonds is 4. The van der Waals surface area contributed by atoms with Gasteiger partial charge in [0, 0.05) is 17.9 Å². The van der Waals surface area contributed by atoms with E-state index in [1.807, 2.05) is 0 Å². The summed E-state index contributed by atoms with van der Waals surface area (Å²) in [5.74, 6) is -0.817. The number of hydrogen-bond acceptors (Lipinski definition) is 4. The second kappa shape index (κ2) is 5.24. The molecule has 0 aromatic carbocycles. The first kappa shape index (κ1) is 12.9. The van der Waals surface area contributed by atoms with Crippen LogP contribution >= 0.6 is 0 Å². The number of hydrogen-bond donors (Lipinski definition) is 3. The Balaban J connectivity index is 2.52. The lowest BCUT2D eigenvalue weighted by molar-refractivity contribution is -0.138. The molecule has 7 heteroatoms. The molecule has 0 saturated heterocycles. The highest BCUT2D eigenvalue weighted by atomic mass is 16.4. The molecular formula is C10H14N4O3. The summed E-state index contributed by atoms with van der Waals surface area (Å²) in [5.41, 5.74) is -0.843. The third-order valence-electron chi connectivity index (χ3n) is 1.84. The summed E-state index contributed by atoms with van der Waals surface area (Å²) in [6.45, 7) is 3.24. The second-order valence-corrected chi connectivity index (χ2v) is 4.11. The highest BCUT2D eigenvalue weighted by molar-refractivity contribution is 5.88. The van der Waals surface area contributed by atoms with Crippen LogP contribution in [0.15, 0.2) is 18.5 Å². The molecule has 0 unspecified atom stereocenters. The van der Waals surface area contributed by atoms with Crippen molar-refractivity contribution in [3.05, 3.63) is 18.5 Å². The number of anilines is 1. The topological polar surface area (TPSA) is 104 Å². The smallest absolute Gasteiger partial charge is 0.322 e. The second-order valence-electron chi connectivity index (χ2n) is 4.11. The fraction of sp³-hybridized carbons (Fsp3) is 0.400. The fourth-order valence-electron chi connectivity index (χ4n) is 1.23. The number of amides is 2. The normalized spacial score (nSPS) is 10.7. The van der Waals surface area contributed by atoms with E-state index in [1.165, 1.54) is 12.4 Å². The molecule has 0 spiro atoms. The Morgan fingerprint density at radius 2 is 1.94 bits per heavy atom. The molecule has 0 aliphatic rings. The average Bonchev–Trinajstić information content (AvgIpc) is 2.15. The predicted molar refractivity (Wildman–Crippen MR) is 60.5 cm³/mol. The molecule has 3 N–H and O–H groups in total. The van der Waals surface area contributed by atoms with Gasteiger partial charge in [-0.2, -0.15) is 0 Å². The molecule has 0 fully saturated rings. The highest BCUT2D eigenvalue weighted by Crippen LogP contribution is 2.08. The number of aromatic nitrogens is 2. The van der Waals surface area contributed by atoms with Gasteiger partial charge in [0.2, 0.25) is 5.95 Å². The molecule has 0 saturated carbocycles. The predicted octanol–water partition coefficient (Wildman–Crippen LogP) is 0.851. The van der Waals surface area contributed by atoms with Crippen molar-refractivity contribution in [3.8, 4) is 0 Å². The molecule has 2 amide bonds. The van der Waals surface area contributed by atoms with Crippen LogP contribution in [0, 0.1) is 0 Å². The number of carbonyl (C=O) groups is 2. The molecule has 0 aliphatic heterocycles. The highest BCUT2D eigenvalue weighted by Gasteiger charge is 2.23. The summed E-state index contributed by atoms with van der Waals surface area (Å²) < 4.78 is 0. The van der Waals surface area contributed by atoms with Crippen LogP contribution in [0.3, 0.4) is 0 Å². The third-order valence-corrected chi connectivity index (χ3v) is 1.84. The Morgan fingerprint density at radius 3 is 2.47 bits per heavy atom. The summed E-state index contributed by atoms with van der Waals surface area (Å²) in [4.78, 5) is 29.7. The molecule has 1 aromatic heterocycles. The lowest BCUT2D eigenvalue weighted by Gasteiger charge is -2.23. The van der Waals surface area contributed by atoms with E-state index in [0.717, 1.165) is 0 Å². The maximum atomic E-state index is 11.5. The summed E-state index contributed by atoms with van der Waals surface area (Å²) in [5, 5.41) is 13.6. The van der Waals surface area contributed by atoms with E-state index >= 15 is 0 Å². The zero-order chi connectivity index (χ0) is 12.9. The number of urea groups is 1. The maximum absolute atomic E-state index is 11.5. The van der Waals surface area contributed by atoms with Gasteiger partial charge in [0.15, 0.2) is 0 Å². The van der Waals surface area contributed by atoms with Crippen LogP contribution in [0.2, 0.25) is 0 Å². The minimum atomic E-state index is -0.980. The molecular weight excluding hydrogens is 224 g/mol. The largest absolute Gasteiger partial charge is 0.481 e. The number of carboxylic acids is 1. The molecule has 1 aromatic rings. The first-order valence-corrected chi connectivity index (χ1v) is 4.97. The van der Waals surface area contributed by atoms with Gasteiger partial charge in [-0.1, -0.05) is 0 Å². The Labute approximate surface area is 98.3 Å². The van der Waals surface area contributed by atoms with Gasteiger partial charge in [-0.3, -0.25) is 10.1 Å². The van der Waals surface area contributed by atoms with Crippen LogP contribution < -0.4 is 10.6 Å². The zero-order valence-electron chi connectivity index (χ0n) is 9.60. The van der Waals surface area contributed by atoms with Gasteiger partial charge in [-0.15, -0.1) is 0 Å². The van der Waals surface area contributed by atoms with E-state index in [1.54, 1.807) is 19.9 Å². The van der Waals surface area contributed by atoms with Crippen LogP contribution in [0.1, 0.15) is 20.3 Å².